The molecule has 1 aromatic carbocycles. The van der Waals surface area contributed by atoms with Gasteiger partial charge in [-0.3, -0.25) is 9.59 Å². The molecule has 1 aliphatic rings. The number of benzene rings is 1. The number of hydrogen-bond donors (Lipinski definition) is 2. The van der Waals surface area contributed by atoms with Gasteiger partial charge in [-0.2, -0.15) is 0 Å². The molecule has 114 valence electrons. The van der Waals surface area contributed by atoms with Gasteiger partial charge < -0.3 is 15.8 Å². The van der Waals surface area contributed by atoms with Crippen LogP contribution in [0.5, 0.6) is 5.75 Å². The lowest BCUT2D eigenvalue weighted by Gasteiger charge is -2.28. The van der Waals surface area contributed by atoms with Gasteiger partial charge in [-0.15, -0.1) is 0 Å². The number of Topliss-reactive ketones (excluding diaryl/α,β-unsaturated/α-hetero) is 1. The average molecular weight is 290 g/mol. The molecule has 1 fully saturated rings. The van der Waals surface area contributed by atoms with E-state index in [0.29, 0.717) is 17.9 Å². The van der Waals surface area contributed by atoms with Crippen LogP contribution in [-0.4, -0.2) is 30.4 Å². The van der Waals surface area contributed by atoms with Gasteiger partial charge in [-0.25, -0.2) is 0 Å². The summed E-state index contributed by atoms with van der Waals surface area (Å²) < 4.78 is 5.45. The van der Waals surface area contributed by atoms with Crippen molar-refractivity contribution in [1.82, 2.24) is 5.32 Å². The molecule has 21 heavy (non-hydrogen) atoms. The third-order valence-corrected chi connectivity index (χ3v) is 3.97. The average Bonchev–Trinajstić information content (AvgIpc) is 2.94. The Kier molecular flexibility index (Phi) is 4.96. The molecule has 1 aromatic rings. The molecule has 1 saturated carbocycles. The molecule has 0 atom stereocenters. The molecule has 0 bridgehead atoms. The summed E-state index contributed by atoms with van der Waals surface area (Å²) in [5.41, 5.74) is 6.09. The zero-order chi connectivity index (χ0) is 15.3. The Balaban J connectivity index is 1.89. The Labute approximate surface area is 124 Å². The summed E-state index contributed by atoms with van der Waals surface area (Å²) >= 11 is 0. The first-order valence-corrected chi connectivity index (χ1v) is 7.29. The summed E-state index contributed by atoms with van der Waals surface area (Å²) in [5, 5.41) is 2.99. The lowest BCUT2D eigenvalue weighted by atomic mass is 9.98. The fourth-order valence-corrected chi connectivity index (χ4v) is 2.72. The lowest BCUT2D eigenvalue weighted by molar-refractivity contribution is -0.124. The van der Waals surface area contributed by atoms with Gasteiger partial charge in [0.25, 0.3) is 5.91 Å². The summed E-state index contributed by atoms with van der Waals surface area (Å²) in [7, 11) is 0. The van der Waals surface area contributed by atoms with Crippen LogP contribution in [0.15, 0.2) is 24.3 Å². The van der Waals surface area contributed by atoms with Crippen LogP contribution in [0.25, 0.3) is 0 Å². The highest BCUT2D eigenvalue weighted by Crippen LogP contribution is 2.28. The second kappa shape index (κ2) is 6.72. The molecule has 5 heteroatoms. The summed E-state index contributed by atoms with van der Waals surface area (Å²) in [5.74, 6) is 0.319. The Hall–Kier alpha value is -1.88. The smallest absolute Gasteiger partial charge is 0.258 e. The molecule has 5 nitrogen and oxygen atoms in total. The number of ether oxygens (including phenoxy) is 1. The number of nitrogens with two attached hydrogens (primary N) is 1. The molecular formula is C16H22N2O3. The molecule has 3 N–H and O–H groups in total. The molecule has 0 unspecified atom stereocenters. The molecule has 0 radical (unpaired) electrons. The molecule has 1 amide bonds. The van der Waals surface area contributed by atoms with E-state index in [-0.39, 0.29) is 23.8 Å². The van der Waals surface area contributed by atoms with E-state index in [9.17, 15) is 9.59 Å². The minimum atomic E-state index is -0.262. The lowest BCUT2D eigenvalue weighted by Crippen LogP contribution is -2.52. The molecule has 1 aliphatic carbocycles. The highest BCUT2D eigenvalue weighted by Gasteiger charge is 2.33. The van der Waals surface area contributed by atoms with Crippen LogP contribution >= 0.6 is 0 Å². The Morgan fingerprint density at radius 3 is 2.67 bits per heavy atom. The fourth-order valence-electron chi connectivity index (χ4n) is 2.72. The molecule has 0 aliphatic heterocycles. The van der Waals surface area contributed by atoms with Crippen molar-refractivity contribution >= 4 is 11.7 Å². The van der Waals surface area contributed by atoms with E-state index >= 15 is 0 Å². The van der Waals surface area contributed by atoms with Crippen LogP contribution in [0.1, 0.15) is 43.0 Å². The van der Waals surface area contributed by atoms with Crippen molar-refractivity contribution in [2.24, 2.45) is 5.73 Å². The minimum Gasteiger partial charge on any atom is -0.484 e. The summed E-state index contributed by atoms with van der Waals surface area (Å²) in [4.78, 5) is 23.3. The second-order valence-corrected chi connectivity index (χ2v) is 5.61. The number of rotatable bonds is 6. The van der Waals surface area contributed by atoms with Crippen molar-refractivity contribution < 1.29 is 14.3 Å². The third-order valence-electron chi connectivity index (χ3n) is 3.97. The number of carbonyl (C=O) groups excluding carboxylic acids is 2. The van der Waals surface area contributed by atoms with Gasteiger partial charge in [0.1, 0.15) is 5.75 Å². The van der Waals surface area contributed by atoms with Gasteiger partial charge in [0.2, 0.25) is 0 Å². The maximum absolute atomic E-state index is 12.0. The first-order chi connectivity index (χ1) is 10.0. The third kappa shape index (κ3) is 4.04. The van der Waals surface area contributed by atoms with Crippen molar-refractivity contribution in [2.75, 3.05) is 13.2 Å². The SMILES string of the molecule is CC(=O)c1cccc(OCC(=O)NC2(CN)CCCC2)c1. The minimum absolute atomic E-state index is 0.0297. The Morgan fingerprint density at radius 2 is 2.05 bits per heavy atom. The van der Waals surface area contributed by atoms with E-state index in [2.05, 4.69) is 5.32 Å². The molecule has 2 rings (SSSR count). The van der Waals surface area contributed by atoms with Crippen LogP contribution < -0.4 is 15.8 Å². The maximum atomic E-state index is 12.0. The zero-order valence-electron chi connectivity index (χ0n) is 12.4. The number of nitrogens with one attached hydrogen (secondary N) is 1. The normalized spacial score (nSPS) is 16.5. The highest BCUT2D eigenvalue weighted by molar-refractivity contribution is 5.94. The molecule has 0 spiro atoms. The van der Waals surface area contributed by atoms with Gasteiger partial charge in [-0.05, 0) is 31.9 Å². The number of amides is 1. The van der Waals surface area contributed by atoms with E-state index in [1.165, 1.54) is 6.92 Å². The van der Waals surface area contributed by atoms with Crippen molar-refractivity contribution in [3.05, 3.63) is 29.8 Å². The highest BCUT2D eigenvalue weighted by atomic mass is 16.5. The second-order valence-electron chi connectivity index (χ2n) is 5.61. The monoisotopic (exact) mass is 290 g/mol. The topological polar surface area (TPSA) is 81.4 Å². The van der Waals surface area contributed by atoms with Gasteiger partial charge in [0, 0.05) is 12.1 Å². The first kappa shape index (κ1) is 15.5. The van der Waals surface area contributed by atoms with Gasteiger partial charge >= 0.3 is 0 Å². The van der Waals surface area contributed by atoms with Crippen LogP contribution in [0.3, 0.4) is 0 Å². The summed E-state index contributed by atoms with van der Waals surface area (Å²) in [6, 6.07) is 6.83. The van der Waals surface area contributed by atoms with E-state index in [4.69, 9.17) is 10.5 Å². The van der Waals surface area contributed by atoms with Crippen molar-refractivity contribution in [1.29, 1.82) is 0 Å². The standard InChI is InChI=1S/C16H22N2O3/c1-12(19)13-5-4-6-14(9-13)21-10-15(20)18-16(11-17)7-2-3-8-16/h4-6,9H,2-3,7-8,10-11,17H2,1H3,(H,18,20). The van der Waals surface area contributed by atoms with E-state index in [0.717, 1.165) is 25.7 Å². The fraction of sp³-hybridized carbons (Fsp3) is 0.500. The van der Waals surface area contributed by atoms with Crippen molar-refractivity contribution in [3.63, 3.8) is 0 Å². The zero-order valence-corrected chi connectivity index (χ0v) is 12.4. The van der Waals surface area contributed by atoms with Gasteiger partial charge in [0.15, 0.2) is 12.4 Å². The summed E-state index contributed by atoms with van der Waals surface area (Å²) in [6.45, 7) is 1.89. The first-order valence-electron chi connectivity index (χ1n) is 7.29. The number of hydrogen-bond acceptors (Lipinski definition) is 4. The van der Waals surface area contributed by atoms with Crippen molar-refractivity contribution in [3.8, 4) is 5.75 Å². The van der Waals surface area contributed by atoms with E-state index < -0.39 is 0 Å². The Morgan fingerprint density at radius 1 is 1.33 bits per heavy atom. The van der Waals surface area contributed by atoms with Crippen LogP contribution in [0.2, 0.25) is 0 Å². The van der Waals surface area contributed by atoms with E-state index in [1.54, 1.807) is 24.3 Å². The van der Waals surface area contributed by atoms with Crippen LogP contribution in [0, 0.1) is 0 Å². The quantitative estimate of drug-likeness (QED) is 0.781. The van der Waals surface area contributed by atoms with Crippen LogP contribution in [-0.2, 0) is 4.79 Å². The summed E-state index contributed by atoms with van der Waals surface area (Å²) in [6.07, 6.45) is 4.04. The number of carbonyl (C=O) groups is 2. The van der Waals surface area contributed by atoms with E-state index in [1.807, 2.05) is 0 Å². The Bertz CT molecular complexity index is 522. The molecule has 0 aromatic heterocycles. The maximum Gasteiger partial charge on any atom is 0.258 e. The number of ketones is 1. The predicted molar refractivity (Wildman–Crippen MR) is 80.3 cm³/mol. The predicted octanol–water partition coefficient (Wildman–Crippen LogP) is 1.66. The molecule has 0 saturated heterocycles. The largest absolute Gasteiger partial charge is 0.484 e. The molecule has 0 heterocycles. The van der Waals surface area contributed by atoms with Gasteiger partial charge in [-0.1, -0.05) is 25.0 Å². The van der Waals surface area contributed by atoms with Crippen molar-refractivity contribution in [2.45, 2.75) is 38.1 Å². The molecular weight excluding hydrogens is 268 g/mol. The van der Waals surface area contributed by atoms with Gasteiger partial charge in [0.05, 0.1) is 5.54 Å². The van der Waals surface area contributed by atoms with Crippen LogP contribution in [0.4, 0.5) is 0 Å².